The van der Waals surface area contributed by atoms with E-state index in [4.69, 9.17) is 0 Å². The number of aromatic nitrogens is 1. The minimum atomic E-state index is -3.39. The Morgan fingerprint density at radius 1 is 1.23 bits per heavy atom. The standard InChI is InChI=1S/C20H21FN4O3S2/c1-30(27,28)24-16-6-2-5-15(11-16)22-19(26)13-4-3-9-25(12-13)20-23-17-8-7-14(21)10-18(17)29-20/h2,5-8,10-11,13,24H,3-4,9,12H2,1H3,(H,22,26). The Labute approximate surface area is 178 Å². The SMILES string of the molecule is CS(=O)(=O)Nc1cccc(NC(=O)C2CCCN(c3nc4ccc(F)cc4s3)C2)c1. The molecule has 1 saturated heterocycles. The molecule has 0 radical (unpaired) electrons. The van der Waals surface area contributed by atoms with Crippen molar-refractivity contribution in [1.29, 1.82) is 0 Å². The Hall–Kier alpha value is -2.72. The highest BCUT2D eigenvalue weighted by Crippen LogP contribution is 2.32. The van der Waals surface area contributed by atoms with Gasteiger partial charge in [-0.2, -0.15) is 0 Å². The van der Waals surface area contributed by atoms with Crippen LogP contribution in [-0.2, 0) is 14.8 Å². The largest absolute Gasteiger partial charge is 0.347 e. The second-order valence-electron chi connectivity index (χ2n) is 7.34. The summed E-state index contributed by atoms with van der Waals surface area (Å²) in [5.74, 6) is -0.640. The fraction of sp³-hybridized carbons (Fsp3) is 0.300. The van der Waals surface area contributed by atoms with Crippen LogP contribution in [0.1, 0.15) is 12.8 Å². The van der Waals surface area contributed by atoms with Gasteiger partial charge in [-0.05, 0) is 49.2 Å². The van der Waals surface area contributed by atoms with E-state index >= 15 is 0 Å². The average Bonchev–Trinajstić information content (AvgIpc) is 3.10. The molecule has 3 aromatic rings. The highest BCUT2D eigenvalue weighted by molar-refractivity contribution is 7.92. The van der Waals surface area contributed by atoms with Crippen molar-refractivity contribution in [3.8, 4) is 0 Å². The number of rotatable bonds is 5. The number of amides is 1. The van der Waals surface area contributed by atoms with Crippen molar-refractivity contribution >= 4 is 54.0 Å². The number of hydrogen-bond donors (Lipinski definition) is 2. The third-order valence-corrected chi connectivity index (χ3v) is 6.52. The highest BCUT2D eigenvalue weighted by atomic mass is 32.2. The van der Waals surface area contributed by atoms with Crippen LogP contribution < -0.4 is 14.9 Å². The van der Waals surface area contributed by atoms with E-state index in [9.17, 15) is 17.6 Å². The zero-order valence-electron chi connectivity index (χ0n) is 16.3. The average molecular weight is 449 g/mol. The predicted molar refractivity (Wildman–Crippen MR) is 118 cm³/mol. The van der Waals surface area contributed by atoms with Crippen LogP contribution in [0.3, 0.4) is 0 Å². The highest BCUT2D eigenvalue weighted by Gasteiger charge is 2.27. The van der Waals surface area contributed by atoms with Gasteiger partial charge in [0.25, 0.3) is 0 Å². The number of thiazole rings is 1. The van der Waals surface area contributed by atoms with E-state index in [-0.39, 0.29) is 17.6 Å². The molecule has 1 aromatic heterocycles. The summed E-state index contributed by atoms with van der Waals surface area (Å²) in [5.41, 5.74) is 1.67. The van der Waals surface area contributed by atoms with Gasteiger partial charge in [0.15, 0.2) is 5.13 Å². The molecule has 1 aliphatic rings. The molecule has 10 heteroatoms. The molecule has 30 heavy (non-hydrogen) atoms. The lowest BCUT2D eigenvalue weighted by Gasteiger charge is -2.31. The van der Waals surface area contributed by atoms with Gasteiger partial charge in [0.05, 0.1) is 28.1 Å². The smallest absolute Gasteiger partial charge is 0.229 e. The summed E-state index contributed by atoms with van der Waals surface area (Å²) in [5, 5.41) is 3.66. The van der Waals surface area contributed by atoms with Crippen molar-refractivity contribution in [1.82, 2.24) is 4.98 Å². The number of hydrogen-bond acceptors (Lipinski definition) is 6. The summed E-state index contributed by atoms with van der Waals surface area (Å²) < 4.78 is 39.5. The zero-order valence-corrected chi connectivity index (χ0v) is 17.9. The molecule has 0 saturated carbocycles. The molecule has 2 N–H and O–H groups in total. The van der Waals surface area contributed by atoms with E-state index < -0.39 is 10.0 Å². The van der Waals surface area contributed by atoms with Crippen molar-refractivity contribution in [3.63, 3.8) is 0 Å². The number of carbonyl (C=O) groups is 1. The maximum Gasteiger partial charge on any atom is 0.229 e. The number of nitrogens with zero attached hydrogens (tertiary/aromatic N) is 2. The topological polar surface area (TPSA) is 91.4 Å². The van der Waals surface area contributed by atoms with Crippen molar-refractivity contribution in [3.05, 3.63) is 48.3 Å². The van der Waals surface area contributed by atoms with E-state index in [2.05, 4.69) is 19.9 Å². The number of sulfonamides is 1. The second-order valence-corrected chi connectivity index (χ2v) is 10.1. The first-order valence-electron chi connectivity index (χ1n) is 9.46. The minimum absolute atomic E-state index is 0.122. The van der Waals surface area contributed by atoms with E-state index in [1.54, 1.807) is 30.3 Å². The molecule has 7 nitrogen and oxygen atoms in total. The number of benzene rings is 2. The Kier molecular flexibility index (Phi) is 5.61. The monoisotopic (exact) mass is 448 g/mol. The molecule has 2 heterocycles. The molecule has 2 aromatic carbocycles. The van der Waals surface area contributed by atoms with Gasteiger partial charge in [-0.15, -0.1) is 0 Å². The van der Waals surface area contributed by atoms with Crippen LogP contribution in [0, 0.1) is 11.7 Å². The molecule has 4 rings (SSSR count). The number of carbonyl (C=O) groups excluding carboxylic acids is 1. The molecule has 1 amide bonds. The summed E-state index contributed by atoms with van der Waals surface area (Å²) in [7, 11) is -3.39. The third-order valence-electron chi connectivity index (χ3n) is 4.84. The predicted octanol–water partition coefficient (Wildman–Crippen LogP) is 3.66. The van der Waals surface area contributed by atoms with Crippen molar-refractivity contribution in [2.24, 2.45) is 5.92 Å². The van der Waals surface area contributed by atoms with Crippen LogP contribution in [0.4, 0.5) is 20.9 Å². The van der Waals surface area contributed by atoms with Gasteiger partial charge in [0.2, 0.25) is 15.9 Å². The van der Waals surface area contributed by atoms with Gasteiger partial charge in [0, 0.05) is 18.8 Å². The number of fused-ring (bicyclic) bond motifs is 1. The van der Waals surface area contributed by atoms with Gasteiger partial charge >= 0.3 is 0 Å². The van der Waals surface area contributed by atoms with Crippen LogP contribution in [0.5, 0.6) is 0 Å². The van der Waals surface area contributed by atoms with Crippen LogP contribution in [-0.4, -0.2) is 38.7 Å². The van der Waals surface area contributed by atoms with Gasteiger partial charge in [-0.1, -0.05) is 17.4 Å². The van der Waals surface area contributed by atoms with Crippen LogP contribution in [0.25, 0.3) is 10.2 Å². The fourth-order valence-corrected chi connectivity index (χ4v) is 5.09. The molecular formula is C20H21FN4O3S2. The third kappa shape index (κ3) is 4.88. The van der Waals surface area contributed by atoms with Crippen molar-refractivity contribution in [2.45, 2.75) is 12.8 Å². The molecule has 1 atom stereocenters. The van der Waals surface area contributed by atoms with Crippen LogP contribution >= 0.6 is 11.3 Å². The van der Waals surface area contributed by atoms with Gasteiger partial charge in [0.1, 0.15) is 5.82 Å². The van der Waals surface area contributed by atoms with E-state index in [0.717, 1.165) is 41.0 Å². The summed E-state index contributed by atoms with van der Waals surface area (Å²) in [6.45, 7) is 1.31. The van der Waals surface area contributed by atoms with E-state index in [0.29, 0.717) is 17.9 Å². The number of anilines is 3. The van der Waals surface area contributed by atoms with Gasteiger partial charge in [-0.25, -0.2) is 17.8 Å². The van der Waals surface area contributed by atoms with Crippen molar-refractivity contribution < 1.29 is 17.6 Å². The lowest BCUT2D eigenvalue weighted by Crippen LogP contribution is -2.40. The van der Waals surface area contributed by atoms with Crippen LogP contribution in [0.2, 0.25) is 0 Å². The van der Waals surface area contributed by atoms with Crippen LogP contribution in [0.15, 0.2) is 42.5 Å². The van der Waals surface area contributed by atoms with E-state index in [1.165, 1.54) is 23.5 Å². The maximum absolute atomic E-state index is 13.5. The quantitative estimate of drug-likeness (QED) is 0.622. The molecular weight excluding hydrogens is 427 g/mol. The molecule has 158 valence electrons. The van der Waals surface area contributed by atoms with Gasteiger partial charge in [-0.3, -0.25) is 9.52 Å². The lowest BCUT2D eigenvalue weighted by molar-refractivity contribution is -0.120. The maximum atomic E-state index is 13.5. The first-order valence-corrected chi connectivity index (χ1v) is 12.2. The number of nitrogens with one attached hydrogen (secondary N) is 2. The number of halogens is 1. The summed E-state index contributed by atoms with van der Waals surface area (Å²) >= 11 is 1.42. The molecule has 1 fully saturated rings. The molecule has 1 unspecified atom stereocenters. The summed E-state index contributed by atoms with van der Waals surface area (Å²) in [4.78, 5) is 19.5. The van der Waals surface area contributed by atoms with E-state index in [1.807, 2.05) is 0 Å². The lowest BCUT2D eigenvalue weighted by atomic mass is 9.97. The summed E-state index contributed by atoms with van der Waals surface area (Å²) in [6.07, 6.45) is 2.67. The molecule has 0 bridgehead atoms. The Morgan fingerprint density at radius 2 is 2.03 bits per heavy atom. The zero-order chi connectivity index (χ0) is 21.3. The van der Waals surface area contributed by atoms with Crippen molar-refractivity contribution in [2.75, 3.05) is 34.3 Å². The molecule has 0 spiro atoms. The van der Waals surface area contributed by atoms with Gasteiger partial charge < -0.3 is 10.2 Å². The Morgan fingerprint density at radius 3 is 2.83 bits per heavy atom. The fourth-order valence-electron chi connectivity index (χ4n) is 3.51. The Balaban J connectivity index is 1.45. The second kappa shape index (κ2) is 8.19. The minimum Gasteiger partial charge on any atom is -0.347 e. The normalized spacial score (nSPS) is 17.1. The first kappa shape index (κ1) is 20.5. The summed E-state index contributed by atoms with van der Waals surface area (Å²) in [6, 6.07) is 11.1. The molecule has 0 aliphatic carbocycles. The molecule has 1 aliphatic heterocycles. The first-order chi connectivity index (χ1) is 14.3. The Bertz CT molecular complexity index is 1200. The number of piperidine rings is 1.